The molecule has 1 rings (SSSR count). The van der Waals surface area contributed by atoms with Crippen molar-refractivity contribution in [2.75, 3.05) is 18.1 Å². The summed E-state index contributed by atoms with van der Waals surface area (Å²) in [5, 5.41) is 0. The Morgan fingerprint density at radius 3 is 3.00 bits per heavy atom. The number of hydrogen-bond donors (Lipinski definition) is 1. The molecule has 0 aromatic heterocycles. The van der Waals surface area contributed by atoms with Gasteiger partial charge in [-0.05, 0) is 31.5 Å². The van der Waals surface area contributed by atoms with E-state index in [-0.39, 0.29) is 5.97 Å². The highest BCUT2D eigenvalue weighted by Crippen LogP contribution is 2.25. The van der Waals surface area contributed by atoms with E-state index in [1.807, 2.05) is 25.1 Å². The SMILES string of the molecule is CCOC(=O)/C=C/CSc1cccc(N)c1C. The topological polar surface area (TPSA) is 52.3 Å². The normalized spacial score (nSPS) is 10.7. The lowest BCUT2D eigenvalue weighted by molar-refractivity contribution is -0.137. The molecule has 2 N–H and O–H groups in total. The summed E-state index contributed by atoms with van der Waals surface area (Å²) < 4.78 is 4.78. The van der Waals surface area contributed by atoms with Crippen molar-refractivity contribution < 1.29 is 9.53 Å². The molecule has 92 valence electrons. The summed E-state index contributed by atoms with van der Waals surface area (Å²) in [5.41, 5.74) is 7.69. The Bertz CT molecular complexity index is 416. The number of ether oxygens (including phenoxy) is 1. The van der Waals surface area contributed by atoms with Crippen LogP contribution < -0.4 is 5.73 Å². The Labute approximate surface area is 106 Å². The van der Waals surface area contributed by atoms with Gasteiger partial charge in [-0.25, -0.2) is 4.79 Å². The number of nitrogens with two attached hydrogens (primary N) is 1. The first-order valence-electron chi connectivity index (χ1n) is 5.46. The number of benzene rings is 1. The van der Waals surface area contributed by atoms with E-state index in [2.05, 4.69) is 0 Å². The van der Waals surface area contributed by atoms with Crippen LogP contribution in [0.25, 0.3) is 0 Å². The fraction of sp³-hybridized carbons (Fsp3) is 0.308. The fourth-order valence-corrected chi connectivity index (χ4v) is 2.14. The molecule has 0 saturated carbocycles. The molecule has 1 aromatic rings. The molecule has 0 amide bonds. The average Bonchev–Trinajstić information content (AvgIpc) is 2.30. The molecule has 0 atom stereocenters. The van der Waals surface area contributed by atoms with Gasteiger partial charge < -0.3 is 10.5 Å². The van der Waals surface area contributed by atoms with Gasteiger partial charge in [0.1, 0.15) is 0 Å². The number of rotatable bonds is 5. The van der Waals surface area contributed by atoms with Crippen molar-refractivity contribution >= 4 is 23.4 Å². The number of carbonyl (C=O) groups is 1. The highest BCUT2D eigenvalue weighted by molar-refractivity contribution is 7.99. The van der Waals surface area contributed by atoms with Crippen LogP contribution in [0.3, 0.4) is 0 Å². The second-order valence-electron chi connectivity index (χ2n) is 3.44. The highest BCUT2D eigenvalue weighted by atomic mass is 32.2. The van der Waals surface area contributed by atoms with Crippen LogP contribution >= 0.6 is 11.8 Å². The highest BCUT2D eigenvalue weighted by Gasteiger charge is 2.00. The van der Waals surface area contributed by atoms with Crippen molar-refractivity contribution in [2.45, 2.75) is 18.7 Å². The van der Waals surface area contributed by atoms with Crippen molar-refractivity contribution in [3.63, 3.8) is 0 Å². The summed E-state index contributed by atoms with van der Waals surface area (Å²) in [7, 11) is 0. The molecule has 0 aliphatic heterocycles. The number of anilines is 1. The van der Waals surface area contributed by atoms with E-state index in [1.54, 1.807) is 24.8 Å². The first-order valence-corrected chi connectivity index (χ1v) is 6.45. The molecule has 0 aliphatic rings. The Morgan fingerprint density at radius 1 is 1.53 bits per heavy atom. The lowest BCUT2D eigenvalue weighted by atomic mass is 10.2. The Kier molecular flexibility index (Phi) is 5.63. The lowest BCUT2D eigenvalue weighted by Gasteiger charge is -2.05. The molecule has 0 unspecified atom stereocenters. The molecule has 3 nitrogen and oxygen atoms in total. The molecule has 1 aromatic carbocycles. The Morgan fingerprint density at radius 2 is 2.29 bits per heavy atom. The molecular formula is C13H17NO2S. The fourth-order valence-electron chi connectivity index (χ4n) is 1.26. The third-order valence-corrected chi connectivity index (χ3v) is 3.31. The van der Waals surface area contributed by atoms with Gasteiger partial charge in [-0.2, -0.15) is 0 Å². The molecule has 0 aliphatic carbocycles. The number of hydrogen-bond acceptors (Lipinski definition) is 4. The first-order chi connectivity index (χ1) is 8.15. The second kappa shape index (κ2) is 7.01. The minimum Gasteiger partial charge on any atom is -0.463 e. The van der Waals surface area contributed by atoms with Gasteiger partial charge in [0.15, 0.2) is 0 Å². The summed E-state index contributed by atoms with van der Waals surface area (Å²) in [6.07, 6.45) is 3.25. The zero-order valence-corrected chi connectivity index (χ0v) is 10.9. The van der Waals surface area contributed by atoms with E-state index in [1.165, 1.54) is 6.08 Å². The van der Waals surface area contributed by atoms with Crippen LogP contribution in [0.4, 0.5) is 5.69 Å². The Balaban J connectivity index is 2.46. The van der Waals surface area contributed by atoms with Crippen molar-refractivity contribution in [2.24, 2.45) is 0 Å². The van der Waals surface area contributed by atoms with Crippen LogP contribution in [0.2, 0.25) is 0 Å². The van der Waals surface area contributed by atoms with E-state index in [0.29, 0.717) is 6.61 Å². The number of nitrogen functional groups attached to an aromatic ring is 1. The predicted molar refractivity (Wildman–Crippen MR) is 72.1 cm³/mol. The Hall–Kier alpha value is -1.42. The van der Waals surface area contributed by atoms with Crippen molar-refractivity contribution in [1.82, 2.24) is 0 Å². The third-order valence-electron chi connectivity index (χ3n) is 2.20. The van der Waals surface area contributed by atoms with Crippen LogP contribution in [0.5, 0.6) is 0 Å². The van der Waals surface area contributed by atoms with Crippen LogP contribution in [-0.2, 0) is 9.53 Å². The summed E-state index contributed by atoms with van der Waals surface area (Å²) in [6, 6.07) is 5.84. The average molecular weight is 251 g/mol. The third kappa shape index (κ3) is 4.53. The maximum absolute atomic E-state index is 11.0. The monoisotopic (exact) mass is 251 g/mol. The van der Waals surface area contributed by atoms with Crippen molar-refractivity contribution in [3.05, 3.63) is 35.9 Å². The van der Waals surface area contributed by atoms with Gasteiger partial charge in [-0.3, -0.25) is 0 Å². The quantitative estimate of drug-likeness (QED) is 0.378. The van der Waals surface area contributed by atoms with E-state index in [4.69, 9.17) is 10.5 Å². The van der Waals surface area contributed by atoms with Crippen LogP contribution in [-0.4, -0.2) is 18.3 Å². The number of esters is 1. The van der Waals surface area contributed by atoms with Gasteiger partial charge in [-0.1, -0.05) is 12.1 Å². The minimum atomic E-state index is -0.294. The molecule has 4 heteroatoms. The molecule has 0 radical (unpaired) electrons. The molecule has 17 heavy (non-hydrogen) atoms. The summed E-state index contributed by atoms with van der Waals surface area (Å²) in [6.45, 7) is 4.19. The lowest BCUT2D eigenvalue weighted by Crippen LogP contribution is -1.98. The zero-order valence-electron chi connectivity index (χ0n) is 10.1. The van der Waals surface area contributed by atoms with E-state index >= 15 is 0 Å². The molecule has 0 saturated heterocycles. The van der Waals surface area contributed by atoms with E-state index in [9.17, 15) is 4.79 Å². The summed E-state index contributed by atoms with van der Waals surface area (Å²) in [5.74, 6) is 0.431. The maximum Gasteiger partial charge on any atom is 0.330 e. The summed E-state index contributed by atoms with van der Waals surface area (Å²) in [4.78, 5) is 12.2. The van der Waals surface area contributed by atoms with E-state index < -0.39 is 0 Å². The second-order valence-corrected chi connectivity index (χ2v) is 4.50. The van der Waals surface area contributed by atoms with Gasteiger partial charge in [0.25, 0.3) is 0 Å². The van der Waals surface area contributed by atoms with Gasteiger partial charge in [-0.15, -0.1) is 11.8 Å². The maximum atomic E-state index is 11.0. The van der Waals surface area contributed by atoms with Crippen LogP contribution in [0, 0.1) is 6.92 Å². The van der Waals surface area contributed by atoms with Gasteiger partial charge in [0.2, 0.25) is 0 Å². The molecular weight excluding hydrogens is 234 g/mol. The van der Waals surface area contributed by atoms with Gasteiger partial charge in [0.05, 0.1) is 6.61 Å². The molecule has 0 spiro atoms. The smallest absolute Gasteiger partial charge is 0.330 e. The van der Waals surface area contributed by atoms with Crippen molar-refractivity contribution in [3.8, 4) is 0 Å². The standard InChI is InChI=1S/C13H17NO2S/c1-3-16-13(15)8-5-9-17-12-7-4-6-11(14)10(12)2/h4-8H,3,9,14H2,1-2H3/b8-5+. The van der Waals surface area contributed by atoms with Gasteiger partial charge in [0, 0.05) is 22.4 Å². The largest absolute Gasteiger partial charge is 0.463 e. The van der Waals surface area contributed by atoms with E-state index in [0.717, 1.165) is 21.9 Å². The minimum absolute atomic E-state index is 0.294. The molecule has 0 fully saturated rings. The zero-order chi connectivity index (χ0) is 12.7. The number of carbonyl (C=O) groups excluding carboxylic acids is 1. The molecule has 0 bridgehead atoms. The van der Waals surface area contributed by atoms with Gasteiger partial charge >= 0.3 is 5.97 Å². The predicted octanol–water partition coefficient (Wildman–Crippen LogP) is 2.79. The first kappa shape index (κ1) is 13.6. The van der Waals surface area contributed by atoms with Crippen molar-refractivity contribution in [1.29, 1.82) is 0 Å². The van der Waals surface area contributed by atoms with Crippen LogP contribution in [0.15, 0.2) is 35.2 Å². The number of thioether (sulfide) groups is 1. The summed E-state index contributed by atoms with van der Waals surface area (Å²) >= 11 is 1.65. The molecule has 0 heterocycles. The van der Waals surface area contributed by atoms with Crippen LogP contribution in [0.1, 0.15) is 12.5 Å².